The molecule has 1 unspecified atom stereocenters. The molecule has 1 fully saturated rings. The lowest BCUT2D eigenvalue weighted by Crippen LogP contribution is -2.60. The highest BCUT2D eigenvalue weighted by atomic mass is 16.7. The minimum absolute atomic E-state index is 0.129. The van der Waals surface area contributed by atoms with Gasteiger partial charge in [-0.05, 0) is 101 Å². The summed E-state index contributed by atoms with van der Waals surface area (Å²) in [6.45, 7) is 3.68. The van der Waals surface area contributed by atoms with Crippen molar-refractivity contribution in [3.8, 4) is 5.75 Å². The maximum Gasteiger partial charge on any atom is 0.306 e. The van der Waals surface area contributed by atoms with Gasteiger partial charge in [0.25, 0.3) is 0 Å². The van der Waals surface area contributed by atoms with Gasteiger partial charge >= 0.3 is 11.9 Å². The van der Waals surface area contributed by atoms with Gasteiger partial charge in [-0.25, -0.2) is 0 Å². The average Bonchev–Trinajstić information content (AvgIpc) is 3.31. The van der Waals surface area contributed by atoms with Crippen LogP contribution in [0.2, 0.25) is 0 Å². The number of phenols is 1. The summed E-state index contributed by atoms with van der Waals surface area (Å²) in [5.41, 5.74) is 0.859. The van der Waals surface area contributed by atoms with E-state index in [0.29, 0.717) is 19.3 Å². The number of carbonyl (C=O) groups is 3. The van der Waals surface area contributed by atoms with Gasteiger partial charge in [-0.2, -0.15) is 0 Å². The van der Waals surface area contributed by atoms with Crippen molar-refractivity contribution in [2.75, 3.05) is 19.8 Å². The van der Waals surface area contributed by atoms with Crippen LogP contribution in [0.3, 0.4) is 0 Å². The second-order valence-corrected chi connectivity index (χ2v) is 17.6. The van der Waals surface area contributed by atoms with Crippen LogP contribution < -0.4 is 5.32 Å². The minimum atomic E-state index is -1.65. The number of phenolic OH excluding ortho intramolecular Hbond substituents is 1. The zero-order valence-electron chi connectivity index (χ0n) is 40.5. The lowest BCUT2D eigenvalue weighted by Gasteiger charge is -2.40. The van der Waals surface area contributed by atoms with E-state index in [1.54, 1.807) is 24.3 Å². The standard InChI is InChI=1S/C54H87NO11/c1-3-5-7-9-11-13-15-17-19-21-23-25-27-29-31-33-49(58)63-42-46(65-50(59)34-32-30-28-26-24-22-20-18-16-14-12-10-8-6-4-2)43-64-54-53(62)52(61)51(60)47(66-54)41-55-48(57)40-37-44-35-38-45(56)39-36-44/h11-14,17-20,35-36,38-39,46-47,51-54,56,60-62H,3-10,15-16,21-34,37,40-43H2,1-2H3,(H,55,57)/b13-11-,14-12-,19-17-,20-18-/t46?,47-,51-,52+,53-,54+/m1/s1. The number of aliphatic hydroxyl groups is 3. The molecule has 0 spiro atoms. The van der Waals surface area contributed by atoms with Gasteiger partial charge in [0.1, 0.15) is 36.8 Å². The third-order valence-electron chi connectivity index (χ3n) is 11.6. The highest BCUT2D eigenvalue weighted by molar-refractivity contribution is 5.76. The number of rotatable bonds is 39. The molecule has 0 saturated carbocycles. The van der Waals surface area contributed by atoms with E-state index in [1.165, 1.54) is 38.5 Å². The predicted octanol–water partition coefficient (Wildman–Crippen LogP) is 10.3. The Hall–Kier alpha value is -3.81. The van der Waals surface area contributed by atoms with Crippen molar-refractivity contribution < 1.29 is 53.8 Å². The maximum absolute atomic E-state index is 13.0. The SMILES string of the molecule is CCCCC/C=C\C/C=C\CCCCCCCC(=O)OCC(CO[C@H]1O[C@H](CNC(=O)CCc2ccc(O)cc2)[C@@H](O)[C@H](O)[C@H]1O)OC(=O)CCCCCCC/C=C\C/C=C\CCCCC. The van der Waals surface area contributed by atoms with Crippen LogP contribution in [0.15, 0.2) is 72.9 Å². The molecule has 1 heterocycles. The van der Waals surface area contributed by atoms with Gasteiger partial charge in [-0.3, -0.25) is 14.4 Å². The van der Waals surface area contributed by atoms with E-state index in [2.05, 4.69) is 67.8 Å². The molecule has 374 valence electrons. The normalized spacial score (nSPS) is 19.3. The highest BCUT2D eigenvalue weighted by Gasteiger charge is 2.44. The summed E-state index contributed by atoms with van der Waals surface area (Å²) in [5.74, 6) is -1.07. The van der Waals surface area contributed by atoms with Crippen LogP contribution in [0, 0.1) is 0 Å². The third kappa shape index (κ3) is 29.8. The Kier molecular flexibility index (Phi) is 34.6. The Morgan fingerprint density at radius 3 is 1.65 bits per heavy atom. The first kappa shape index (κ1) is 58.3. The Morgan fingerprint density at radius 1 is 0.606 bits per heavy atom. The number of benzene rings is 1. The van der Waals surface area contributed by atoms with Crippen molar-refractivity contribution in [1.82, 2.24) is 5.32 Å². The zero-order valence-corrected chi connectivity index (χ0v) is 40.5. The quantitative estimate of drug-likeness (QED) is 0.0241. The van der Waals surface area contributed by atoms with Crippen LogP contribution in [0.1, 0.15) is 180 Å². The molecule has 0 aliphatic carbocycles. The van der Waals surface area contributed by atoms with E-state index in [9.17, 15) is 34.8 Å². The van der Waals surface area contributed by atoms with Crippen molar-refractivity contribution in [2.45, 2.75) is 218 Å². The number of hydrogen-bond acceptors (Lipinski definition) is 11. The molecule has 5 N–H and O–H groups in total. The summed E-state index contributed by atoms with van der Waals surface area (Å²) in [6, 6.07) is 6.52. The second kappa shape index (κ2) is 39.2. The van der Waals surface area contributed by atoms with Crippen molar-refractivity contribution in [1.29, 1.82) is 0 Å². The molecule has 1 aromatic carbocycles. The van der Waals surface area contributed by atoms with E-state index in [-0.39, 0.29) is 50.7 Å². The highest BCUT2D eigenvalue weighted by Crippen LogP contribution is 2.23. The van der Waals surface area contributed by atoms with Crippen LogP contribution in [0.25, 0.3) is 0 Å². The summed E-state index contributed by atoms with van der Waals surface area (Å²) in [7, 11) is 0. The summed E-state index contributed by atoms with van der Waals surface area (Å²) in [5, 5.41) is 44.2. The minimum Gasteiger partial charge on any atom is -0.508 e. The molecule has 1 saturated heterocycles. The zero-order chi connectivity index (χ0) is 47.9. The van der Waals surface area contributed by atoms with Crippen LogP contribution in [0.5, 0.6) is 5.75 Å². The Bertz CT molecular complexity index is 1510. The molecule has 1 aromatic rings. The van der Waals surface area contributed by atoms with Crippen molar-refractivity contribution in [3.63, 3.8) is 0 Å². The second-order valence-electron chi connectivity index (χ2n) is 17.6. The lowest BCUT2D eigenvalue weighted by molar-refractivity contribution is -0.299. The molecule has 1 aliphatic rings. The van der Waals surface area contributed by atoms with E-state index < -0.39 is 48.7 Å². The van der Waals surface area contributed by atoms with Crippen LogP contribution in [0.4, 0.5) is 0 Å². The monoisotopic (exact) mass is 926 g/mol. The summed E-state index contributed by atoms with van der Waals surface area (Å²) < 4.78 is 22.9. The van der Waals surface area contributed by atoms with E-state index in [1.807, 2.05) is 0 Å². The molecule has 66 heavy (non-hydrogen) atoms. The number of carbonyl (C=O) groups excluding carboxylic acids is 3. The summed E-state index contributed by atoms with van der Waals surface area (Å²) in [6.07, 6.45) is 33.9. The number of aromatic hydroxyl groups is 1. The fourth-order valence-electron chi connectivity index (χ4n) is 7.43. The summed E-state index contributed by atoms with van der Waals surface area (Å²) in [4.78, 5) is 38.3. The molecule has 1 amide bonds. The molecule has 2 rings (SSSR count). The first-order valence-electron chi connectivity index (χ1n) is 25.4. The molecule has 6 atom stereocenters. The first-order chi connectivity index (χ1) is 32.1. The topological polar surface area (TPSA) is 181 Å². The van der Waals surface area contributed by atoms with Gasteiger partial charge in [0.15, 0.2) is 12.4 Å². The molecule has 0 aromatic heterocycles. The smallest absolute Gasteiger partial charge is 0.306 e. The Labute approximate surface area is 397 Å². The van der Waals surface area contributed by atoms with Gasteiger partial charge < -0.3 is 44.7 Å². The van der Waals surface area contributed by atoms with Crippen molar-refractivity contribution in [3.05, 3.63) is 78.4 Å². The molecule has 0 radical (unpaired) electrons. The van der Waals surface area contributed by atoms with Crippen molar-refractivity contribution in [2.24, 2.45) is 0 Å². The number of amides is 1. The molecular weight excluding hydrogens is 839 g/mol. The van der Waals surface area contributed by atoms with Gasteiger partial charge in [-0.15, -0.1) is 0 Å². The number of aliphatic hydroxyl groups excluding tert-OH is 3. The predicted molar refractivity (Wildman–Crippen MR) is 262 cm³/mol. The van der Waals surface area contributed by atoms with Gasteiger partial charge in [0.2, 0.25) is 5.91 Å². The number of allylic oxidation sites excluding steroid dienone is 8. The first-order valence-corrected chi connectivity index (χ1v) is 25.4. The van der Waals surface area contributed by atoms with Crippen LogP contribution in [-0.2, 0) is 39.8 Å². The fraction of sp³-hybridized carbons (Fsp3) is 0.685. The number of unbranched alkanes of at least 4 members (excludes halogenated alkanes) is 16. The lowest BCUT2D eigenvalue weighted by atomic mass is 9.98. The number of aryl methyl sites for hydroxylation is 1. The number of ether oxygens (including phenoxy) is 4. The van der Waals surface area contributed by atoms with E-state index in [4.69, 9.17) is 18.9 Å². The largest absolute Gasteiger partial charge is 0.508 e. The molecule has 12 nitrogen and oxygen atoms in total. The van der Waals surface area contributed by atoms with Crippen molar-refractivity contribution >= 4 is 17.8 Å². The van der Waals surface area contributed by atoms with Gasteiger partial charge in [0.05, 0.1) is 6.61 Å². The van der Waals surface area contributed by atoms with Gasteiger partial charge in [-0.1, -0.05) is 139 Å². The van der Waals surface area contributed by atoms with Crippen LogP contribution >= 0.6 is 0 Å². The van der Waals surface area contributed by atoms with Crippen LogP contribution in [-0.4, -0.2) is 94.8 Å². The molecular formula is C54H87NO11. The average molecular weight is 926 g/mol. The Balaban J connectivity index is 1.80. The van der Waals surface area contributed by atoms with Gasteiger partial charge in [0, 0.05) is 25.8 Å². The Morgan fingerprint density at radius 2 is 1.11 bits per heavy atom. The molecule has 12 heteroatoms. The van der Waals surface area contributed by atoms with E-state index >= 15 is 0 Å². The third-order valence-corrected chi connectivity index (χ3v) is 11.6. The maximum atomic E-state index is 13.0. The molecule has 1 aliphatic heterocycles. The fourth-order valence-corrected chi connectivity index (χ4v) is 7.43. The number of hydrogen-bond donors (Lipinski definition) is 5. The number of nitrogens with one attached hydrogen (secondary N) is 1. The number of esters is 2. The van der Waals surface area contributed by atoms with E-state index in [0.717, 1.165) is 95.5 Å². The molecule has 0 bridgehead atoms. The summed E-state index contributed by atoms with van der Waals surface area (Å²) >= 11 is 0.